The molecule has 1 rings (SSSR count). The molecule has 1 aromatic carbocycles. The quantitative estimate of drug-likeness (QED) is 0.465. The SMILES string of the molecule is Cc1cc(C(=O)NCCCCCI)c(F)cc1F. The lowest BCUT2D eigenvalue weighted by atomic mass is 10.1. The van der Waals surface area contributed by atoms with E-state index in [0.717, 1.165) is 29.8 Å². The highest BCUT2D eigenvalue weighted by atomic mass is 127. The molecule has 5 heteroatoms. The van der Waals surface area contributed by atoms with Gasteiger partial charge in [-0.2, -0.15) is 0 Å². The zero-order valence-electron chi connectivity index (χ0n) is 10.2. The first-order valence-corrected chi connectivity index (χ1v) is 7.38. The van der Waals surface area contributed by atoms with Crippen LogP contribution in [0.4, 0.5) is 8.78 Å². The Morgan fingerprint density at radius 3 is 2.61 bits per heavy atom. The molecule has 0 saturated heterocycles. The first-order chi connectivity index (χ1) is 8.56. The van der Waals surface area contributed by atoms with Gasteiger partial charge in [-0.1, -0.05) is 29.0 Å². The number of aryl methyl sites for hydroxylation is 1. The van der Waals surface area contributed by atoms with E-state index < -0.39 is 17.5 Å². The number of carbonyl (C=O) groups is 1. The Kier molecular flexibility index (Phi) is 6.52. The van der Waals surface area contributed by atoms with E-state index in [0.29, 0.717) is 6.54 Å². The largest absolute Gasteiger partial charge is 0.352 e. The van der Waals surface area contributed by atoms with Crippen LogP contribution in [0.5, 0.6) is 0 Å². The van der Waals surface area contributed by atoms with Gasteiger partial charge in [-0.05, 0) is 35.8 Å². The van der Waals surface area contributed by atoms with E-state index in [1.165, 1.54) is 13.0 Å². The number of amides is 1. The molecule has 2 nitrogen and oxygen atoms in total. The second kappa shape index (κ2) is 7.66. The Balaban J connectivity index is 2.54. The maximum Gasteiger partial charge on any atom is 0.254 e. The molecule has 0 aliphatic rings. The fourth-order valence-electron chi connectivity index (χ4n) is 1.52. The standard InChI is InChI=1S/C13H16F2INO/c1-9-7-10(12(15)8-11(9)14)13(18)17-6-4-2-3-5-16/h7-8H,2-6H2,1H3,(H,17,18). The average molecular weight is 367 g/mol. The number of alkyl halides is 1. The minimum absolute atomic E-state index is 0.0946. The fraction of sp³-hybridized carbons (Fsp3) is 0.462. The molecule has 0 saturated carbocycles. The van der Waals surface area contributed by atoms with Crippen LogP contribution in [0.1, 0.15) is 35.2 Å². The molecule has 0 heterocycles. The number of benzene rings is 1. The van der Waals surface area contributed by atoms with Crippen molar-refractivity contribution in [1.29, 1.82) is 0 Å². The number of rotatable bonds is 6. The molecule has 0 unspecified atom stereocenters. The van der Waals surface area contributed by atoms with Gasteiger partial charge in [0.05, 0.1) is 5.56 Å². The lowest BCUT2D eigenvalue weighted by molar-refractivity contribution is 0.0949. The third kappa shape index (κ3) is 4.51. The van der Waals surface area contributed by atoms with E-state index >= 15 is 0 Å². The van der Waals surface area contributed by atoms with Crippen molar-refractivity contribution in [3.8, 4) is 0 Å². The molecule has 0 bridgehead atoms. The molecule has 0 spiro atoms. The third-order valence-corrected chi connectivity index (χ3v) is 3.35. The molecule has 0 aliphatic heterocycles. The Hall–Kier alpha value is -0.720. The van der Waals surface area contributed by atoms with Crippen LogP contribution < -0.4 is 5.32 Å². The predicted molar refractivity (Wildman–Crippen MR) is 76.2 cm³/mol. The van der Waals surface area contributed by atoms with Crippen LogP contribution in [0.2, 0.25) is 0 Å². The van der Waals surface area contributed by atoms with Crippen molar-refractivity contribution >= 4 is 28.5 Å². The van der Waals surface area contributed by atoms with Crippen molar-refractivity contribution < 1.29 is 13.6 Å². The molecular weight excluding hydrogens is 351 g/mol. The van der Waals surface area contributed by atoms with E-state index in [4.69, 9.17) is 0 Å². The monoisotopic (exact) mass is 367 g/mol. The number of hydrogen-bond acceptors (Lipinski definition) is 1. The van der Waals surface area contributed by atoms with Crippen LogP contribution in [0.15, 0.2) is 12.1 Å². The van der Waals surface area contributed by atoms with Gasteiger partial charge in [-0.25, -0.2) is 8.78 Å². The molecule has 0 fully saturated rings. The van der Waals surface area contributed by atoms with Crippen LogP contribution in [-0.4, -0.2) is 16.9 Å². The predicted octanol–water partition coefficient (Wildman–Crippen LogP) is 3.61. The van der Waals surface area contributed by atoms with Crippen LogP contribution in [0.25, 0.3) is 0 Å². The lowest BCUT2D eigenvalue weighted by Crippen LogP contribution is -2.25. The van der Waals surface area contributed by atoms with Crippen molar-refractivity contribution in [2.45, 2.75) is 26.2 Å². The van der Waals surface area contributed by atoms with Crippen molar-refractivity contribution in [2.75, 3.05) is 11.0 Å². The Labute approximate surface area is 119 Å². The first kappa shape index (κ1) is 15.3. The summed E-state index contributed by atoms with van der Waals surface area (Å²) in [6, 6.07) is 1.99. The second-order valence-electron chi connectivity index (χ2n) is 4.09. The molecule has 0 aliphatic carbocycles. The number of unbranched alkanes of at least 4 members (excludes halogenated alkanes) is 2. The van der Waals surface area contributed by atoms with Gasteiger partial charge in [-0.15, -0.1) is 0 Å². The molecule has 0 aromatic heterocycles. The molecule has 1 N–H and O–H groups in total. The Morgan fingerprint density at radius 1 is 1.22 bits per heavy atom. The van der Waals surface area contributed by atoms with Crippen LogP contribution in [0, 0.1) is 18.6 Å². The summed E-state index contributed by atoms with van der Waals surface area (Å²) in [6.45, 7) is 2.03. The zero-order chi connectivity index (χ0) is 13.5. The van der Waals surface area contributed by atoms with Gasteiger partial charge in [0.15, 0.2) is 0 Å². The van der Waals surface area contributed by atoms with Crippen LogP contribution in [-0.2, 0) is 0 Å². The van der Waals surface area contributed by atoms with Gasteiger partial charge >= 0.3 is 0 Å². The molecule has 1 aromatic rings. The first-order valence-electron chi connectivity index (χ1n) is 5.86. The summed E-state index contributed by atoms with van der Waals surface area (Å²) in [5.74, 6) is -1.93. The summed E-state index contributed by atoms with van der Waals surface area (Å²) >= 11 is 2.30. The molecule has 100 valence electrons. The summed E-state index contributed by atoms with van der Waals surface area (Å²) in [5.41, 5.74) is 0.175. The van der Waals surface area contributed by atoms with Gasteiger partial charge in [0.1, 0.15) is 11.6 Å². The smallest absolute Gasteiger partial charge is 0.254 e. The number of nitrogens with one attached hydrogen (secondary N) is 1. The average Bonchev–Trinajstić information content (AvgIpc) is 2.33. The van der Waals surface area contributed by atoms with Crippen molar-refractivity contribution in [2.24, 2.45) is 0 Å². The summed E-state index contributed by atoms with van der Waals surface area (Å²) in [7, 11) is 0. The van der Waals surface area contributed by atoms with E-state index in [9.17, 15) is 13.6 Å². The summed E-state index contributed by atoms with van der Waals surface area (Å²) in [6.07, 6.45) is 3.02. The third-order valence-electron chi connectivity index (χ3n) is 2.59. The highest BCUT2D eigenvalue weighted by Gasteiger charge is 2.13. The van der Waals surface area contributed by atoms with Gasteiger partial charge in [0, 0.05) is 12.6 Å². The van der Waals surface area contributed by atoms with Gasteiger partial charge < -0.3 is 5.32 Å². The molecule has 18 heavy (non-hydrogen) atoms. The van der Waals surface area contributed by atoms with E-state index in [1.54, 1.807) is 0 Å². The molecule has 0 radical (unpaired) electrons. The van der Waals surface area contributed by atoms with Crippen LogP contribution >= 0.6 is 22.6 Å². The highest BCUT2D eigenvalue weighted by Crippen LogP contribution is 2.14. The Morgan fingerprint density at radius 2 is 1.94 bits per heavy atom. The topological polar surface area (TPSA) is 29.1 Å². The minimum atomic E-state index is -0.817. The van der Waals surface area contributed by atoms with Gasteiger partial charge in [0.25, 0.3) is 5.91 Å². The lowest BCUT2D eigenvalue weighted by Gasteiger charge is -2.07. The van der Waals surface area contributed by atoms with Gasteiger partial charge in [0.2, 0.25) is 0 Å². The van der Waals surface area contributed by atoms with Crippen LogP contribution in [0.3, 0.4) is 0 Å². The Bertz CT molecular complexity index is 424. The van der Waals surface area contributed by atoms with E-state index in [1.807, 2.05) is 0 Å². The summed E-state index contributed by atoms with van der Waals surface area (Å²) in [5, 5.41) is 2.64. The van der Waals surface area contributed by atoms with E-state index in [-0.39, 0.29) is 11.1 Å². The van der Waals surface area contributed by atoms with Crippen molar-refractivity contribution in [1.82, 2.24) is 5.32 Å². The molecule has 1 amide bonds. The summed E-state index contributed by atoms with van der Waals surface area (Å²) < 4.78 is 27.5. The fourth-order valence-corrected chi connectivity index (χ4v) is 2.06. The maximum atomic E-state index is 13.4. The number of hydrogen-bond donors (Lipinski definition) is 1. The van der Waals surface area contributed by atoms with Crippen molar-refractivity contribution in [3.63, 3.8) is 0 Å². The van der Waals surface area contributed by atoms with Crippen molar-refractivity contribution in [3.05, 3.63) is 34.9 Å². The molecular formula is C13H16F2INO. The molecule has 0 atom stereocenters. The number of carbonyl (C=O) groups excluding carboxylic acids is 1. The maximum absolute atomic E-state index is 13.4. The highest BCUT2D eigenvalue weighted by molar-refractivity contribution is 14.1. The second-order valence-corrected chi connectivity index (χ2v) is 5.17. The normalized spacial score (nSPS) is 10.4. The van der Waals surface area contributed by atoms with E-state index in [2.05, 4.69) is 27.9 Å². The zero-order valence-corrected chi connectivity index (χ0v) is 12.4. The summed E-state index contributed by atoms with van der Waals surface area (Å²) in [4.78, 5) is 11.7. The number of halogens is 3. The van der Waals surface area contributed by atoms with Gasteiger partial charge in [-0.3, -0.25) is 4.79 Å². The minimum Gasteiger partial charge on any atom is -0.352 e.